The monoisotopic (exact) mass is 369 g/mol. The average molecular weight is 369 g/mol. The SMILES string of the molecule is CS(=O)(=O)N1CCN(C(=O)[C@H]2CC(=O)N(c3ccc(F)cc3)C2)CC1. The van der Waals surface area contributed by atoms with Crippen molar-refractivity contribution in [1.29, 1.82) is 0 Å². The van der Waals surface area contributed by atoms with Gasteiger partial charge >= 0.3 is 0 Å². The largest absolute Gasteiger partial charge is 0.340 e. The van der Waals surface area contributed by atoms with Crippen molar-refractivity contribution in [2.45, 2.75) is 6.42 Å². The summed E-state index contributed by atoms with van der Waals surface area (Å²) in [6.07, 6.45) is 1.27. The Labute approximate surface area is 146 Å². The van der Waals surface area contributed by atoms with Crippen LogP contribution in [-0.4, -0.2) is 68.4 Å². The lowest BCUT2D eigenvalue weighted by molar-refractivity contribution is -0.136. The number of sulfonamides is 1. The third-order valence-electron chi connectivity index (χ3n) is 4.63. The summed E-state index contributed by atoms with van der Waals surface area (Å²) in [7, 11) is -3.25. The summed E-state index contributed by atoms with van der Waals surface area (Å²) < 4.78 is 37.4. The number of hydrogen-bond donors (Lipinski definition) is 0. The lowest BCUT2D eigenvalue weighted by Crippen LogP contribution is -2.51. The highest BCUT2D eigenvalue weighted by Crippen LogP contribution is 2.27. The number of halogens is 1. The molecule has 1 aromatic carbocycles. The van der Waals surface area contributed by atoms with Gasteiger partial charge in [0.2, 0.25) is 21.8 Å². The molecule has 2 amide bonds. The Morgan fingerprint density at radius 1 is 1.12 bits per heavy atom. The van der Waals surface area contributed by atoms with Gasteiger partial charge in [0.1, 0.15) is 5.82 Å². The predicted molar refractivity (Wildman–Crippen MR) is 89.9 cm³/mol. The minimum atomic E-state index is -3.25. The van der Waals surface area contributed by atoms with Gasteiger partial charge in [0.25, 0.3) is 0 Å². The summed E-state index contributed by atoms with van der Waals surface area (Å²) in [6, 6.07) is 5.60. The van der Waals surface area contributed by atoms with Crippen LogP contribution in [0.2, 0.25) is 0 Å². The first-order valence-corrected chi connectivity index (χ1v) is 9.90. The maximum absolute atomic E-state index is 13.0. The molecular weight excluding hydrogens is 349 g/mol. The maximum Gasteiger partial charge on any atom is 0.228 e. The number of anilines is 1. The molecule has 1 aromatic rings. The Morgan fingerprint density at radius 2 is 1.72 bits per heavy atom. The van der Waals surface area contributed by atoms with Crippen LogP contribution in [0.3, 0.4) is 0 Å². The molecule has 2 saturated heterocycles. The van der Waals surface area contributed by atoms with Gasteiger partial charge in [-0.05, 0) is 24.3 Å². The topological polar surface area (TPSA) is 78.0 Å². The molecule has 0 radical (unpaired) electrons. The first-order valence-electron chi connectivity index (χ1n) is 8.05. The van der Waals surface area contributed by atoms with Crippen molar-refractivity contribution in [2.75, 3.05) is 43.9 Å². The summed E-state index contributed by atoms with van der Waals surface area (Å²) in [5, 5.41) is 0. The smallest absolute Gasteiger partial charge is 0.228 e. The van der Waals surface area contributed by atoms with Gasteiger partial charge < -0.3 is 9.80 Å². The van der Waals surface area contributed by atoms with Crippen LogP contribution < -0.4 is 4.90 Å². The number of piperazine rings is 1. The minimum absolute atomic E-state index is 0.114. The van der Waals surface area contributed by atoms with Crippen LogP contribution in [0.15, 0.2) is 24.3 Å². The second-order valence-electron chi connectivity index (χ2n) is 6.37. The number of hydrogen-bond acceptors (Lipinski definition) is 4. The summed E-state index contributed by atoms with van der Waals surface area (Å²) in [6.45, 7) is 1.45. The van der Waals surface area contributed by atoms with Crippen molar-refractivity contribution in [3.63, 3.8) is 0 Å². The van der Waals surface area contributed by atoms with E-state index in [1.807, 2.05) is 0 Å². The fourth-order valence-corrected chi connectivity index (χ4v) is 4.07. The molecule has 2 fully saturated rings. The van der Waals surface area contributed by atoms with Gasteiger partial charge in [0, 0.05) is 44.8 Å². The number of benzene rings is 1. The lowest BCUT2D eigenvalue weighted by Gasteiger charge is -2.34. The van der Waals surface area contributed by atoms with Crippen molar-refractivity contribution >= 4 is 27.5 Å². The number of carbonyl (C=O) groups is 2. The van der Waals surface area contributed by atoms with E-state index in [1.165, 1.54) is 33.5 Å². The van der Waals surface area contributed by atoms with E-state index >= 15 is 0 Å². The molecule has 0 spiro atoms. The van der Waals surface area contributed by atoms with E-state index in [0.717, 1.165) is 6.26 Å². The summed E-state index contributed by atoms with van der Waals surface area (Å²) >= 11 is 0. The van der Waals surface area contributed by atoms with Crippen LogP contribution in [0.5, 0.6) is 0 Å². The molecule has 0 N–H and O–H groups in total. The third-order valence-corrected chi connectivity index (χ3v) is 5.94. The Hall–Kier alpha value is -2.00. The number of rotatable bonds is 3. The van der Waals surface area contributed by atoms with Crippen LogP contribution in [0, 0.1) is 11.7 Å². The summed E-state index contributed by atoms with van der Waals surface area (Å²) in [5.74, 6) is -1.14. The standard InChI is InChI=1S/C16H20FN3O4S/c1-25(23,24)19-8-6-18(7-9-19)16(22)12-10-15(21)20(11-12)14-4-2-13(17)3-5-14/h2-5,12H,6-11H2,1H3/t12-/m0/s1. The highest BCUT2D eigenvalue weighted by Gasteiger charge is 2.38. The summed E-state index contributed by atoms with van der Waals surface area (Å²) in [5.41, 5.74) is 0.573. The molecular formula is C16H20FN3O4S. The van der Waals surface area contributed by atoms with Crippen molar-refractivity contribution < 1.29 is 22.4 Å². The zero-order chi connectivity index (χ0) is 18.2. The second-order valence-corrected chi connectivity index (χ2v) is 8.35. The van der Waals surface area contributed by atoms with Crippen LogP contribution >= 0.6 is 0 Å². The van der Waals surface area contributed by atoms with Gasteiger partial charge in [-0.15, -0.1) is 0 Å². The van der Waals surface area contributed by atoms with E-state index in [0.29, 0.717) is 18.8 Å². The second kappa shape index (κ2) is 6.72. The molecule has 9 heteroatoms. The van der Waals surface area contributed by atoms with E-state index in [1.54, 1.807) is 4.90 Å². The number of nitrogens with zero attached hydrogens (tertiary/aromatic N) is 3. The average Bonchev–Trinajstić information content (AvgIpc) is 2.96. The van der Waals surface area contributed by atoms with Gasteiger partial charge in [-0.2, -0.15) is 4.31 Å². The van der Waals surface area contributed by atoms with Crippen LogP contribution in [-0.2, 0) is 19.6 Å². The van der Waals surface area contributed by atoms with E-state index in [2.05, 4.69) is 0 Å². The molecule has 1 atom stereocenters. The molecule has 136 valence electrons. The lowest BCUT2D eigenvalue weighted by atomic mass is 10.1. The highest BCUT2D eigenvalue weighted by atomic mass is 32.2. The van der Waals surface area contributed by atoms with Crippen LogP contribution in [0.25, 0.3) is 0 Å². The molecule has 2 heterocycles. The van der Waals surface area contributed by atoms with Gasteiger partial charge in [-0.25, -0.2) is 12.8 Å². The summed E-state index contributed by atoms with van der Waals surface area (Å²) in [4.78, 5) is 28.0. The Morgan fingerprint density at radius 3 is 2.28 bits per heavy atom. The molecule has 7 nitrogen and oxygen atoms in total. The van der Waals surface area contributed by atoms with Crippen molar-refractivity contribution in [3.05, 3.63) is 30.1 Å². The number of carbonyl (C=O) groups excluding carboxylic acids is 2. The fourth-order valence-electron chi connectivity index (χ4n) is 3.24. The molecule has 0 aliphatic carbocycles. The fraction of sp³-hybridized carbons (Fsp3) is 0.500. The predicted octanol–water partition coefficient (Wildman–Crippen LogP) is 0.282. The third kappa shape index (κ3) is 3.82. The van der Waals surface area contributed by atoms with Crippen LogP contribution in [0.1, 0.15) is 6.42 Å². The molecule has 2 aliphatic rings. The Balaban J connectivity index is 1.63. The molecule has 0 saturated carbocycles. The first-order chi connectivity index (χ1) is 11.8. The quantitative estimate of drug-likeness (QED) is 0.767. The molecule has 2 aliphatic heterocycles. The van der Waals surface area contributed by atoms with E-state index in [9.17, 15) is 22.4 Å². The van der Waals surface area contributed by atoms with Crippen molar-refractivity contribution in [3.8, 4) is 0 Å². The number of amides is 2. The molecule has 25 heavy (non-hydrogen) atoms. The van der Waals surface area contributed by atoms with Gasteiger partial charge in [0.15, 0.2) is 0 Å². The zero-order valence-corrected chi connectivity index (χ0v) is 14.7. The molecule has 3 rings (SSSR count). The van der Waals surface area contributed by atoms with Gasteiger partial charge in [-0.1, -0.05) is 0 Å². The molecule has 0 bridgehead atoms. The van der Waals surface area contributed by atoms with Gasteiger partial charge in [-0.3, -0.25) is 9.59 Å². The Kier molecular flexibility index (Phi) is 4.79. The molecule has 0 aromatic heterocycles. The maximum atomic E-state index is 13.0. The normalized spacial score (nSPS) is 22.5. The Bertz CT molecular complexity index is 773. The minimum Gasteiger partial charge on any atom is -0.340 e. The first kappa shape index (κ1) is 17.8. The van der Waals surface area contributed by atoms with Gasteiger partial charge in [0.05, 0.1) is 12.2 Å². The van der Waals surface area contributed by atoms with E-state index in [-0.39, 0.29) is 43.7 Å². The van der Waals surface area contributed by atoms with Crippen molar-refractivity contribution in [1.82, 2.24) is 9.21 Å². The molecule has 0 unspecified atom stereocenters. The zero-order valence-electron chi connectivity index (χ0n) is 13.9. The van der Waals surface area contributed by atoms with Crippen LogP contribution in [0.4, 0.5) is 10.1 Å². The van der Waals surface area contributed by atoms with E-state index in [4.69, 9.17) is 0 Å². The van der Waals surface area contributed by atoms with Crippen molar-refractivity contribution in [2.24, 2.45) is 5.92 Å². The highest BCUT2D eigenvalue weighted by molar-refractivity contribution is 7.88. The van der Waals surface area contributed by atoms with E-state index < -0.39 is 15.9 Å².